The van der Waals surface area contributed by atoms with Gasteiger partial charge >= 0.3 is 12.1 Å². The van der Waals surface area contributed by atoms with E-state index >= 15 is 0 Å². The molecule has 0 bridgehead atoms. The number of carboxylic acid groups (broad SMARTS) is 1. The fourth-order valence-electron chi connectivity index (χ4n) is 3.91. The Labute approximate surface area is 227 Å². The van der Waals surface area contributed by atoms with E-state index in [1.54, 1.807) is 10.8 Å². The molecule has 1 unspecified atom stereocenters. The van der Waals surface area contributed by atoms with Gasteiger partial charge in [-0.1, -0.05) is 39.3 Å². The van der Waals surface area contributed by atoms with Crippen LogP contribution in [0.1, 0.15) is 70.7 Å². The number of rotatable bonds is 18. The summed E-state index contributed by atoms with van der Waals surface area (Å²) in [6.45, 7) is 12.0. The predicted octanol–water partition coefficient (Wildman–Crippen LogP) is 5.92. The van der Waals surface area contributed by atoms with Gasteiger partial charge in [-0.3, -0.25) is 4.57 Å². The van der Waals surface area contributed by atoms with Crippen LogP contribution in [0.15, 0.2) is 36.5 Å². The molecule has 0 aliphatic rings. The maximum Gasteiger partial charge on any atom is 0.418 e. The molecule has 1 aromatic heterocycles. The quantitative estimate of drug-likeness (QED) is 0.239. The Morgan fingerprint density at radius 2 is 1.68 bits per heavy atom. The summed E-state index contributed by atoms with van der Waals surface area (Å²) < 4.78 is 24.2. The number of hydrogen-bond acceptors (Lipinski definition) is 6. The minimum atomic E-state index is -0.969. The van der Waals surface area contributed by atoms with Crippen LogP contribution < -0.4 is 4.74 Å². The fraction of sp³-hybridized carbons (Fsp3) is 0.600. The van der Waals surface area contributed by atoms with E-state index in [2.05, 4.69) is 6.92 Å². The third kappa shape index (κ3) is 11.3. The summed E-state index contributed by atoms with van der Waals surface area (Å²) in [7, 11) is 0. The lowest BCUT2D eigenvalue weighted by Crippen LogP contribution is -2.29. The van der Waals surface area contributed by atoms with Gasteiger partial charge in [-0.2, -0.15) is 0 Å². The first kappa shape index (κ1) is 31.4. The summed E-state index contributed by atoms with van der Waals surface area (Å²) in [5, 5.41) is 9.38. The van der Waals surface area contributed by atoms with Gasteiger partial charge in [0.15, 0.2) is 6.10 Å². The third-order valence-corrected chi connectivity index (χ3v) is 5.86. The maximum atomic E-state index is 12.7. The number of carboxylic acids is 1. The second kappa shape index (κ2) is 16.9. The molecule has 8 nitrogen and oxygen atoms in total. The highest BCUT2D eigenvalue weighted by molar-refractivity contribution is 5.73. The Morgan fingerprint density at radius 3 is 2.32 bits per heavy atom. The molecule has 1 heterocycles. The predicted molar refractivity (Wildman–Crippen MR) is 147 cm³/mol. The lowest BCUT2D eigenvalue weighted by atomic mass is 10.1. The summed E-state index contributed by atoms with van der Waals surface area (Å²) in [4.78, 5) is 24.1. The minimum Gasteiger partial charge on any atom is -0.494 e. The molecule has 0 saturated heterocycles. The number of hydrogen-bond donors (Lipinski definition) is 1. The van der Waals surface area contributed by atoms with Crippen LogP contribution in [0, 0.1) is 5.92 Å². The van der Waals surface area contributed by atoms with Gasteiger partial charge in [0.1, 0.15) is 5.75 Å². The van der Waals surface area contributed by atoms with E-state index in [4.69, 9.17) is 18.9 Å². The Kier molecular flexibility index (Phi) is 13.9. The number of benzene rings is 1. The molecule has 2 aromatic rings. The van der Waals surface area contributed by atoms with E-state index in [9.17, 15) is 14.7 Å². The van der Waals surface area contributed by atoms with Crippen LogP contribution in [0.3, 0.4) is 0 Å². The molecule has 0 radical (unpaired) electrons. The Balaban J connectivity index is 1.93. The molecule has 0 fully saturated rings. The van der Waals surface area contributed by atoms with E-state index in [0.29, 0.717) is 38.4 Å². The van der Waals surface area contributed by atoms with E-state index in [-0.39, 0.29) is 18.1 Å². The summed E-state index contributed by atoms with van der Waals surface area (Å²) in [6.07, 6.45) is 4.95. The zero-order chi connectivity index (χ0) is 27.9. The maximum absolute atomic E-state index is 12.7. The standard InChI is InChI=1S/C30H45NO7/c1-6-7-17-35-19-15-25-14-16-31(30(34)37-21-22(2)3)27(25)9-8-18-36-26-12-10-24(11-13-26)20-28(29(32)33)38-23(4)5/h10-14,16,22-23,28H,6-9,15,17-21H2,1-5H3,(H,32,33). The van der Waals surface area contributed by atoms with E-state index in [0.717, 1.165) is 49.1 Å². The molecule has 0 aliphatic heterocycles. The minimum absolute atomic E-state index is 0.161. The number of aromatic nitrogens is 1. The van der Waals surface area contributed by atoms with Crippen molar-refractivity contribution in [1.82, 2.24) is 4.57 Å². The zero-order valence-corrected chi connectivity index (χ0v) is 23.6. The number of unbranched alkanes of at least 4 members (excludes halogenated alkanes) is 1. The average molecular weight is 532 g/mol. The number of carbonyl (C=O) groups excluding carboxylic acids is 1. The second-order valence-corrected chi connectivity index (χ2v) is 10.2. The van der Waals surface area contributed by atoms with Crippen molar-refractivity contribution < 1.29 is 33.6 Å². The molecule has 38 heavy (non-hydrogen) atoms. The van der Waals surface area contributed by atoms with Crippen molar-refractivity contribution >= 4 is 12.1 Å². The highest BCUT2D eigenvalue weighted by atomic mass is 16.5. The summed E-state index contributed by atoms with van der Waals surface area (Å²) >= 11 is 0. The van der Waals surface area contributed by atoms with Crippen LogP contribution in [0.4, 0.5) is 4.79 Å². The molecule has 1 atom stereocenters. The summed E-state index contributed by atoms with van der Waals surface area (Å²) in [6, 6.07) is 9.38. The number of carbonyl (C=O) groups is 2. The topological polar surface area (TPSA) is 96.2 Å². The van der Waals surface area contributed by atoms with Crippen molar-refractivity contribution in [3.63, 3.8) is 0 Å². The fourth-order valence-corrected chi connectivity index (χ4v) is 3.91. The normalized spacial score (nSPS) is 12.2. The van der Waals surface area contributed by atoms with Crippen molar-refractivity contribution in [2.45, 2.75) is 85.4 Å². The highest BCUT2D eigenvalue weighted by Crippen LogP contribution is 2.18. The van der Waals surface area contributed by atoms with E-state index in [1.165, 1.54) is 0 Å². The first-order valence-electron chi connectivity index (χ1n) is 13.7. The molecule has 0 amide bonds. The van der Waals surface area contributed by atoms with Crippen molar-refractivity contribution in [3.8, 4) is 5.75 Å². The van der Waals surface area contributed by atoms with Gasteiger partial charge in [0.2, 0.25) is 0 Å². The van der Waals surface area contributed by atoms with Gasteiger partial charge < -0.3 is 24.1 Å². The molecule has 8 heteroatoms. The molecule has 212 valence electrons. The SMILES string of the molecule is CCCCOCCc1ccn(C(=O)OCC(C)C)c1CCCOc1ccc(CC(OC(C)C)C(=O)O)cc1. The lowest BCUT2D eigenvalue weighted by Gasteiger charge is -2.16. The summed E-state index contributed by atoms with van der Waals surface area (Å²) in [5.41, 5.74) is 2.89. The second-order valence-electron chi connectivity index (χ2n) is 10.2. The van der Waals surface area contributed by atoms with Crippen molar-refractivity contribution in [2.75, 3.05) is 26.4 Å². The number of aliphatic carboxylic acids is 1. The van der Waals surface area contributed by atoms with Crippen LogP contribution in [-0.4, -0.2) is 60.4 Å². The van der Waals surface area contributed by atoms with Crippen LogP contribution in [0.25, 0.3) is 0 Å². The molecular formula is C30H45NO7. The monoisotopic (exact) mass is 531 g/mol. The van der Waals surface area contributed by atoms with Crippen molar-refractivity contribution in [1.29, 1.82) is 0 Å². The van der Waals surface area contributed by atoms with Crippen LogP contribution in [0.5, 0.6) is 5.75 Å². The molecule has 2 rings (SSSR count). The smallest absolute Gasteiger partial charge is 0.418 e. The van der Waals surface area contributed by atoms with Crippen molar-refractivity contribution in [2.24, 2.45) is 5.92 Å². The van der Waals surface area contributed by atoms with Crippen LogP contribution >= 0.6 is 0 Å². The highest BCUT2D eigenvalue weighted by Gasteiger charge is 2.20. The van der Waals surface area contributed by atoms with E-state index < -0.39 is 12.1 Å². The number of nitrogens with zero attached hydrogens (tertiary/aromatic N) is 1. The van der Waals surface area contributed by atoms with Crippen LogP contribution in [-0.2, 0) is 38.3 Å². The zero-order valence-electron chi connectivity index (χ0n) is 23.6. The van der Waals surface area contributed by atoms with Crippen molar-refractivity contribution in [3.05, 3.63) is 53.3 Å². The Bertz CT molecular complexity index is 965. The van der Waals surface area contributed by atoms with Crippen LogP contribution in [0.2, 0.25) is 0 Å². The molecule has 0 aliphatic carbocycles. The van der Waals surface area contributed by atoms with Gasteiger partial charge in [0.25, 0.3) is 0 Å². The van der Waals surface area contributed by atoms with Gasteiger partial charge in [-0.15, -0.1) is 0 Å². The van der Waals surface area contributed by atoms with Gasteiger partial charge in [-0.25, -0.2) is 9.59 Å². The third-order valence-electron chi connectivity index (χ3n) is 5.86. The van der Waals surface area contributed by atoms with Gasteiger partial charge in [-0.05, 0) is 74.8 Å². The first-order valence-corrected chi connectivity index (χ1v) is 13.7. The largest absolute Gasteiger partial charge is 0.494 e. The molecule has 1 N–H and O–H groups in total. The molecular weight excluding hydrogens is 486 g/mol. The van der Waals surface area contributed by atoms with E-state index in [1.807, 2.05) is 58.0 Å². The summed E-state index contributed by atoms with van der Waals surface area (Å²) in [5.74, 6) is 0.00682. The van der Waals surface area contributed by atoms with Gasteiger partial charge in [0, 0.05) is 24.9 Å². The lowest BCUT2D eigenvalue weighted by molar-refractivity contribution is -0.153. The Hall–Kier alpha value is -2.84. The first-order chi connectivity index (χ1) is 18.2. The Morgan fingerprint density at radius 1 is 0.947 bits per heavy atom. The molecule has 0 spiro atoms. The molecule has 0 saturated carbocycles. The van der Waals surface area contributed by atoms with Gasteiger partial charge in [0.05, 0.1) is 25.9 Å². The average Bonchev–Trinajstić information content (AvgIpc) is 3.27. The molecule has 1 aromatic carbocycles. The number of ether oxygens (including phenoxy) is 4.